The first-order valence-corrected chi connectivity index (χ1v) is 11.0. The molecular weight excluding hydrogens is 447 g/mol. The van der Waals surface area contributed by atoms with Gasteiger partial charge in [0.25, 0.3) is 5.91 Å². The Morgan fingerprint density at radius 1 is 1.03 bits per heavy atom. The minimum atomic E-state index is -4.50. The molecule has 2 N–H and O–H groups in total. The molecule has 2 heterocycles. The van der Waals surface area contributed by atoms with Gasteiger partial charge in [-0.15, -0.1) is 0 Å². The number of aromatic nitrogens is 3. The van der Waals surface area contributed by atoms with E-state index in [1.165, 1.54) is 10.7 Å². The van der Waals surface area contributed by atoms with Crippen molar-refractivity contribution in [1.29, 1.82) is 0 Å². The highest BCUT2D eigenvalue weighted by Crippen LogP contribution is 2.29. The quantitative estimate of drug-likeness (QED) is 0.524. The normalized spacial score (nSPS) is 14.6. The maximum Gasteiger partial charge on any atom is 0.417 e. The van der Waals surface area contributed by atoms with Gasteiger partial charge in [0, 0.05) is 29.4 Å². The predicted octanol–water partition coefficient (Wildman–Crippen LogP) is 5.37. The average Bonchev–Trinajstić information content (AvgIpc) is 3.19. The summed E-state index contributed by atoms with van der Waals surface area (Å²) in [4.78, 5) is 29.3. The van der Waals surface area contributed by atoms with E-state index in [-0.39, 0.29) is 23.5 Å². The monoisotopic (exact) mass is 471 g/mol. The van der Waals surface area contributed by atoms with Gasteiger partial charge in [-0.3, -0.25) is 9.59 Å². The smallest absolute Gasteiger partial charge is 0.326 e. The molecule has 0 unspecified atom stereocenters. The predicted molar refractivity (Wildman–Crippen MR) is 121 cm³/mol. The largest absolute Gasteiger partial charge is 0.417 e. The van der Waals surface area contributed by atoms with E-state index in [1.54, 1.807) is 37.3 Å². The zero-order valence-corrected chi connectivity index (χ0v) is 18.5. The van der Waals surface area contributed by atoms with Crippen LogP contribution in [0.3, 0.4) is 0 Å². The zero-order chi connectivity index (χ0) is 24.3. The van der Waals surface area contributed by atoms with E-state index in [0.717, 1.165) is 44.4 Å². The summed E-state index contributed by atoms with van der Waals surface area (Å²) in [5, 5.41) is 9.84. The summed E-state index contributed by atoms with van der Waals surface area (Å²) in [5.74, 6) is -0.128. The molecule has 0 bridgehead atoms. The van der Waals surface area contributed by atoms with Gasteiger partial charge in [-0.2, -0.15) is 23.0 Å². The van der Waals surface area contributed by atoms with E-state index in [4.69, 9.17) is 0 Å². The topological polar surface area (TPSA) is 88.9 Å². The van der Waals surface area contributed by atoms with Gasteiger partial charge in [-0.1, -0.05) is 25.3 Å². The van der Waals surface area contributed by atoms with Crippen LogP contribution in [0.4, 0.5) is 24.7 Å². The van der Waals surface area contributed by atoms with Crippen molar-refractivity contribution in [2.75, 3.05) is 10.6 Å². The Morgan fingerprint density at radius 2 is 1.79 bits per heavy atom. The van der Waals surface area contributed by atoms with Crippen LogP contribution in [-0.2, 0) is 11.0 Å². The second-order valence-corrected chi connectivity index (χ2v) is 8.34. The van der Waals surface area contributed by atoms with E-state index in [1.807, 2.05) is 0 Å². The second kappa shape index (κ2) is 9.66. The number of amides is 2. The molecule has 7 nitrogen and oxygen atoms in total. The summed E-state index contributed by atoms with van der Waals surface area (Å²) < 4.78 is 39.8. The Labute approximate surface area is 194 Å². The minimum Gasteiger partial charge on any atom is -0.326 e. The van der Waals surface area contributed by atoms with E-state index < -0.39 is 17.6 Å². The number of halogens is 3. The number of carbonyl (C=O) groups excluding carboxylic acids is 2. The summed E-state index contributed by atoms with van der Waals surface area (Å²) in [5.41, 5.74) is 0.507. The first-order valence-electron chi connectivity index (χ1n) is 11.0. The van der Waals surface area contributed by atoms with Crippen LogP contribution < -0.4 is 10.6 Å². The summed E-state index contributed by atoms with van der Waals surface area (Å²) in [7, 11) is 0. The Bertz CT molecular complexity index is 1180. The van der Waals surface area contributed by atoms with Crippen molar-refractivity contribution >= 4 is 23.3 Å². The summed E-state index contributed by atoms with van der Waals surface area (Å²) in [6.07, 6.45) is 1.19. The number of benzene rings is 1. The average molecular weight is 471 g/mol. The van der Waals surface area contributed by atoms with Crippen LogP contribution in [0, 0.1) is 12.8 Å². The Morgan fingerprint density at radius 3 is 2.47 bits per heavy atom. The van der Waals surface area contributed by atoms with Gasteiger partial charge in [0.15, 0.2) is 5.82 Å². The molecule has 1 fully saturated rings. The number of rotatable bonds is 5. The van der Waals surface area contributed by atoms with E-state index in [9.17, 15) is 22.8 Å². The van der Waals surface area contributed by atoms with Gasteiger partial charge in [-0.25, -0.2) is 4.98 Å². The van der Waals surface area contributed by atoms with Gasteiger partial charge < -0.3 is 10.6 Å². The van der Waals surface area contributed by atoms with Gasteiger partial charge >= 0.3 is 6.18 Å². The van der Waals surface area contributed by atoms with E-state index in [0.29, 0.717) is 16.9 Å². The molecule has 178 valence electrons. The maximum absolute atomic E-state index is 12.9. The number of nitrogens with one attached hydrogen (secondary N) is 2. The third kappa shape index (κ3) is 5.44. The fourth-order valence-electron chi connectivity index (χ4n) is 3.98. The number of hydrogen-bond acceptors (Lipinski definition) is 4. The fourth-order valence-corrected chi connectivity index (χ4v) is 3.98. The van der Waals surface area contributed by atoms with Gasteiger partial charge in [0.1, 0.15) is 5.82 Å². The molecule has 1 aliphatic carbocycles. The lowest BCUT2D eigenvalue weighted by molar-refractivity contribution is -0.137. The van der Waals surface area contributed by atoms with Crippen LogP contribution in [-0.4, -0.2) is 26.6 Å². The Kier molecular flexibility index (Phi) is 6.67. The van der Waals surface area contributed by atoms with Crippen molar-refractivity contribution in [3.63, 3.8) is 0 Å². The molecule has 4 rings (SSSR count). The molecule has 10 heteroatoms. The summed E-state index contributed by atoms with van der Waals surface area (Å²) >= 11 is 0. The molecule has 0 saturated heterocycles. The minimum absolute atomic E-state index is 0.0141. The van der Waals surface area contributed by atoms with E-state index >= 15 is 0 Å². The summed E-state index contributed by atoms with van der Waals surface area (Å²) in [6.45, 7) is 1.69. The Balaban J connectivity index is 1.49. The summed E-state index contributed by atoms with van der Waals surface area (Å²) in [6, 6.07) is 10.3. The molecule has 3 aromatic rings. The molecule has 0 radical (unpaired) electrons. The highest BCUT2D eigenvalue weighted by Gasteiger charge is 2.31. The number of carbonyl (C=O) groups is 2. The van der Waals surface area contributed by atoms with Crippen LogP contribution in [0.5, 0.6) is 0 Å². The van der Waals surface area contributed by atoms with Crippen molar-refractivity contribution in [3.8, 4) is 5.82 Å². The van der Waals surface area contributed by atoms with Gasteiger partial charge in [0.05, 0.1) is 11.3 Å². The number of hydrogen-bond donors (Lipinski definition) is 2. The molecule has 1 aromatic carbocycles. The van der Waals surface area contributed by atoms with Crippen molar-refractivity contribution in [1.82, 2.24) is 14.8 Å². The number of alkyl halides is 3. The third-order valence-corrected chi connectivity index (χ3v) is 5.73. The second-order valence-electron chi connectivity index (χ2n) is 8.34. The molecule has 2 amide bonds. The highest BCUT2D eigenvalue weighted by molar-refractivity contribution is 6.05. The lowest BCUT2D eigenvalue weighted by Crippen LogP contribution is -2.25. The first kappa shape index (κ1) is 23.5. The molecule has 1 saturated carbocycles. The number of anilines is 2. The van der Waals surface area contributed by atoms with Crippen molar-refractivity contribution in [3.05, 3.63) is 65.5 Å². The van der Waals surface area contributed by atoms with Crippen LogP contribution >= 0.6 is 0 Å². The van der Waals surface area contributed by atoms with Crippen LogP contribution in [0.15, 0.2) is 48.7 Å². The number of pyridine rings is 1. The number of nitrogens with zero attached hydrogens (tertiary/aromatic N) is 3. The van der Waals surface area contributed by atoms with Crippen molar-refractivity contribution < 1.29 is 22.8 Å². The zero-order valence-electron chi connectivity index (χ0n) is 18.5. The van der Waals surface area contributed by atoms with Gasteiger partial charge in [0.2, 0.25) is 5.91 Å². The molecule has 34 heavy (non-hydrogen) atoms. The Hall–Kier alpha value is -3.69. The van der Waals surface area contributed by atoms with Crippen LogP contribution in [0.2, 0.25) is 0 Å². The van der Waals surface area contributed by atoms with Crippen molar-refractivity contribution in [2.45, 2.75) is 45.2 Å². The molecular formula is C24H24F3N5O2. The maximum atomic E-state index is 12.9. The lowest BCUT2D eigenvalue weighted by Gasteiger charge is -2.20. The van der Waals surface area contributed by atoms with E-state index in [2.05, 4.69) is 20.7 Å². The standard InChI is InChI=1S/C24H24F3N5O2/c1-15-12-21(32(31-15)20-11-10-18(14-28-20)24(25,26)27)30-23(34)17-8-5-9-19(13-17)29-22(33)16-6-3-2-4-7-16/h5,8-14,16H,2-4,6-7H2,1H3,(H,29,33)(H,30,34). The fraction of sp³-hybridized carbons (Fsp3) is 0.333. The first-order chi connectivity index (χ1) is 16.2. The SMILES string of the molecule is Cc1cc(NC(=O)c2cccc(NC(=O)C3CCCCC3)c2)n(-c2ccc(C(F)(F)F)cn2)n1. The molecule has 1 aliphatic rings. The molecule has 0 atom stereocenters. The van der Waals surface area contributed by atoms with Crippen LogP contribution in [0.1, 0.15) is 53.7 Å². The third-order valence-electron chi connectivity index (χ3n) is 5.73. The molecule has 0 aliphatic heterocycles. The van der Waals surface area contributed by atoms with Crippen LogP contribution in [0.25, 0.3) is 5.82 Å². The number of aryl methyl sites for hydroxylation is 1. The molecule has 0 spiro atoms. The van der Waals surface area contributed by atoms with Crippen molar-refractivity contribution in [2.24, 2.45) is 5.92 Å². The molecule has 2 aromatic heterocycles. The van der Waals surface area contributed by atoms with Gasteiger partial charge in [-0.05, 0) is 50.1 Å². The lowest BCUT2D eigenvalue weighted by atomic mass is 9.88. The highest BCUT2D eigenvalue weighted by atomic mass is 19.4.